The predicted molar refractivity (Wildman–Crippen MR) is 91.4 cm³/mol. The van der Waals surface area contributed by atoms with Crippen molar-refractivity contribution in [2.75, 3.05) is 11.9 Å². The summed E-state index contributed by atoms with van der Waals surface area (Å²) in [4.78, 5) is 22.3. The van der Waals surface area contributed by atoms with Gasteiger partial charge in [0.05, 0.1) is 35.5 Å². The van der Waals surface area contributed by atoms with E-state index in [1.165, 1.54) is 12.3 Å². The predicted octanol–water partition coefficient (Wildman–Crippen LogP) is 1.82. The molecular weight excluding hydrogens is 388 g/mol. The number of sulfonamides is 1. The number of anilines is 1. The van der Waals surface area contributed by atoms with Crippen molar-refractivity contribution in [2.24, 2.45) is 5.14 Å². The number of benzene rings is 1. The average Bonchev–Trinajstić information content (AvgIpc) is 3.04. The topological polar surface area (TPSA) is 149 Å². The number of halogens is 1. The highest BCUT2D eigenvalue weighted by Gasteiger charge is 2.22. The van der Waals surface area contributed by atoms with Crippen LogP contribution in [0.25, 0.3) is 0 Å². The number of hydrogen-bond acceptors (Lipinski definition) is 7. The minimum atomic E-state index is -4.18. The smallest absolute Gasteiger partial charge is 0.340 e. The summed E-state index contributed by atoms with van der Waals surface area (Å²) < 4.78 is 33.3. The molecule has 4 N–H and O–H groups in total. The number of carboxylic acids is 1. The largest absolute Gasteiger partial charge is 0.481 e. The van der Waals surface area contributed by atoms with Gasteiger partial charge in [-0.3, -0.25) is 4.79 Å². The van der Waals surface area contributed by atoms with Gasteiger partial charge in [0.15, 0.2) is 0 Å². The Balaban J connectivity index is 2.33. The first-order chi connectivity index (χ1) is 12.2. The van der Waals surface area contributed by atoms with Gasteiger partial charge in [-0.1, -0.05) is 11.6 Å². The number of primary sulfonamides is 1. The Hall–Kier alpha value is -2.56. The Morgan fingerprint density at radius 3 is 2.65 bits per heavy atom. The lowest BCUT2D eigenvalue weighted by atomic mass is 10.1. The molecule has 0 spiro atoms. The Labute approximate surface area is 153 Å². The van der Waals surface area contributed by atoms with Crippen LogP contribution in [0.15, 0.2) is 39.8 Å². The molecule has 9 nitrogen and oxygen atoms in total. The molecule has 0 saturated carbocycles. The molecule has 11 heteroatoms. The van der Waals surface area contributed by atoms with Gasteiger partial charge >= 0.3 is 11.9 Å². The fourth-order valence-electron chi connectivity index (χ4n) is 1.99. The SMILES string of the molecule is NS(=O)(=O)c1cc(C(=O)OCCC(=O)O)c(NCc2ccco2)cc1Cl. The highest BCUT2D eigenvalue weighted by Crippen LogP contribution is 2.29. The molecule has 0 fully saturated rings. The molecule has 2 aromatic rings. The number of ether oxygens (including phenoxy) is 1. The van der Waals surface area contributed by atoms with E-state index >= 15 is 0 Å². The lowest BCUT2D eigenvalue weighted by molar-refractivity contribution is -0.137. The zero-order valence-corrected chi connectivity index (χ0v) is 14.8. The Bertz CT molecular complexity index is 910. The third kappa shape index (κ3) is 5.22. The van der Waals surface area contributed by atoms with Crippen molar-refractivity contribution in [1.82, 2.24) is 0 Å². The van der Waals surface area contributed by atoms with Crippen molar-refractivity contribution in [3.63, 3.8) is 0 Å². The molecule has 0 unspecified atom stereocenters. The van der Waals surface area contributed by atoms with Crippen LogP contribution in [0.5, 0.6) is 0 Å². The molecule has 2 rings (SSSR count). The third-order valence-electron chi connectivity index (χ3n) is 3.18. The number of rotatable bonds is 8. The molecule has 0 aliphatic carbocycles. The number of nitrogens with two attached hydrogens (primary N) is 1. The highest BCUT2D eigenvalue weighted by atomic mass is 35.5. The van der Waals surface area contributed by atoms with E-state index in [2.05, 4.69) is 5.32 Å². The lowest BCUT2D eigenvalue weighted by Crippen LogP contribution is -2.17. The first-order valence-electron chi connectivity index (χ1n) is 7.20. The Kier molecular flexibility index (Phi) is 6.24. The van der Waals surface area contributed by atoms with Gasteiger partial charge in [-0.25, -0.2) is 18.4 Å². The molecule has 0 radical (unpaired) electrons. The van der Waals surface area contributed by atoms with Crippen LogP contribution in [0.4, 0.5) is 5.69 Å². The summed E-state index contributed by atoms with van der Waals surface area (Å²) in [6.07, 6.45) is 1.08. The maximum absolute atomic E-state index is 12.2. The van der Waals surface area contributed by atoms with Gasteiger partial charge in [0.2, 0.25) is 10.0 Å². The molecular formula is C15H15ClN2O7S. The minimum Gasteiger partial charge on any atom is -0.481 e. The summed E-state index contributed by atoms with van der Waals surface area (Å²) in [6.45, 7) is -0.188. The molecule has 1 aromatic carbocycles. The standard InChI is InChI=1S/C15H15ClN2O7S/c16-11-7-12(18-8-9-2-1-4-24-9)10(6-13(11)26(17,22)23)15(21)25-5-3-14(19)20/h1-2,4,6-7,18H,3,5,8H2,(H,19,20)(H2,17,22,23). The number of carboxylic acid groups (broad SMARTS) is 1. The fourth-order valence-corrected chi connectivity index (χ4v) is 3.09. The Morgan fingerprint density at radius 1 is 1.35 bits per heavy atom. The van der Waals surface area contributed by atoms with Crippen LogP contribution in [0.3, 0.4) is 0 Å². The number of nitrogens with one attached hydrogen (secondary N) is 1. The van der Waals surface area contributed by atoms with Gasteiger partial charge in [0, 0.05) is 0 Å². The van der Waals surface area contributed by atoms with Crippen molar-refractivity contribution in [3.8, 4) is 0 Å². The van der Waals surface area contributed by atoms with Gasteiger partial charge in [0.1, 0.15) is 17.3 Å². The second kappa shape index (κ2) is 8.21. The number of hydrogen-bond donors (Lipinski definition) is 3. The summed E-state index contributed by atoms with van der Waals surface area (Å²) in [5.74, 6) is -1.51. The van der Waals surface area contributed by atoms with E-state index in [1.807, 2.05) is 0 Å². The van der Waals surface area contributed by atoms with Gasteiger partial charge in [-0.05, 0) is 24.3 Å². The van der Waals surface area contributed by atoms with Crippen LogP contribution in [-0.2, 0) is 26.1 Å². The quantitative estimate of drug-likeness (QED) is 0.566. The lowest BCUT2D eigenvalue weighted by Gasteiger charge is -2.13. The van der Waals surface area contributed by atoms with E-state index < -0.39 is 33.3 Å². The minimum absolute atomic E-state index is 0.157. The highest BCUT2D eigenvalue weighted by molar-refractivity contribution is 7.89. The van der Waals surface area contributed by atoms with Crippen molar-refractivity contribution in [2.45, 2.75) is 17.9 Å². The van der Waals surface area contributed by atoms with E-state index in [-0.39, 0.29) is 29.4 Å². The molecule has 0 aliphatic rings. The average molecular weight is 403 g/mol. The zero-order valence-electron chi connectivity index (χ0n) is 13.3. The van der Waals surface area contributed by atoms with Crippen molar-refractivity contribution < 1.29 is 32.3 Å². The van der Waals surface area contributed by atoms with Crippen LogP contribution in [0, 0.1) is 0 Å². The Morgan fingerprint density at radius 2 is 2.08 bits per heavy atom. The summed E-state index contributed by atoms with van der Waals surface area (Å²) in [5.41, 5.74) is 0.0227. The summed E-state index contributed by atoms with van der Waals surface area (Å²) >= 11 is 5.94. The second-order valence-corrected chi connectivity index (χ2v) is 7.02. The van der Waals surface area contributed by atoms with Gasteiger partial charge < -0.3 is 19.6 Å². The maximum atomic E-state index is 12.2. The molecule has 0 amide bonds. The first kappa shape index (κ1) is 19.8. The van der Waals surface area contributed by atoms with Crippen molar-refractivity contribution >= 4 is 39.3 Å². The number of carbonyl (C=O) groups is 2. The van der Waals surface area contributed by atoms with Gasteiger partial charge in [-0.2, -0.15) is 0 Å². The van der Waals surface area contributed by atoms with E-state index in [0.29, 0.717) is 5.76 Å². The normalized spacial score (nSPS) is 11.2. The number of carbonyl (C=O) groups excluding carboxylic acids is 1. The van der Waals surface area contributed by atoms with E-state index in [0.717, 1.165) is 6.07 Å². The van der Waals surface area contributed by atoms with E-state index in [4.69, 9.17) is 31.0 Å². The van der Waals surface area contributed by atoms with Crippen molar-refractivity contribution in [3.05, 3.63) is 46.9 Å². The van der Waals surface area contributed by atoms with Crippen LogP contribution in [0.2, 0.25) is 5.02 Å². The van der Waals surface area contributed by atoms with Crippen LogP contribution >= 0.6 is 11.6 Å². The first-order valence-corrected chi connectivity index (χ1v) is 9.12. The van der Waals surface area contributed by atoms with Crippen LogP contribution in [-0.4, -0.2) is 32.1 Å². The second-order valence-electron chi connectivity index (χ2n) is 5.09. The van der Waals surface area contributed by atoms with Crippen molar-refractivity contribution in [1.29, 1.82) is 0 Å². The molecule has 26 heavy (non-hydrogen) atoms. The van der Waals surface area contributed by atoms with E-state index in [9.17, 15) is 18.0 Å². The van der Waals surface area contributed by atoms with E-state index in [1.54, 1.807) is 12.1 Å². The number of furan rings is 1. The molecule has 140 valence electrons. The third-order valence-corrected chi connectivity index (χ3v) is 4.56. The molecule has 1 heterocycles. The number of esters is 1. The number of aliphatic carboxylic acids is 1. The molecule has 0 bridgehead atoms. The summed E-state index contributed by atoms with van der Waals surface area (Å²) in [7, 11) is -4.18. The molecule has 1 aromatic heterocycles. The summed E-state index contributed by atoms with van der Waals surface area (Å²) in [5, 5.41) is 16.4. The van der Waals surface area contributed by atoms with Crippen LogP contribution in [0.1, 0.15) is 22.5 Å². The summed E-state index contributed by atoms with van der Waals surface area (Å²) in [6, 6.07) is 5.57. The van der Waals surface area contributed by atoms with Gasteiger partial charge in [-0.15, -0.1) is 0 Å². The van der Waals surface area contributed by atoms with Gasteiger partial charge in [0.25, 0.3) is 0 Å². The molecule has 0 saturated heterocycles. The van der Waals surface area contributed by atoms with Crippen LogP contribution < -0.4 is 10.5 Å². The molecule has 0 atom stereocenters. The fraction of sp³-hybridized carbons (Fsp3) is 0.200. The maximum Gasteiger partial charge on any atom is 0.340 e. The monoisotopic (exact) mass is 402 g/mol. The zero-order chi connectivity index (χ0) is 19.3. The molecule has 0 aliphatic heterocycles.